The molecule has 3 aromatic carbocycles. The second-order valence-corrected chi connectivity index (χ2v) is 7.22. The first-order valence-electron chi connectivity index (χ1n) is 9.71. The van der Waals surface area contributed by atoms with Crippen LogP contribution in [0.2, 0.25) is 5.02 Å². The molecule has 0 fully saturated rings. The molecule has 0 aliphatic rings. The van der Waals surface area contributed by atoms with Gasteiger partial charge in [0.15, 0.2) is 0 Å². The van der Waals surface area contributed by atoms with Gasteiger partial charge in [0.05, 0.1) is 27.9 Å². The molecule has 0 heterocycles. The van der Waals surface area contributed by atoms with Gasteiger partial charge in [0, 0.05) is 5.56 Å². The van der Waals surface area contributed by atoms with Crippen molar-refractivity contribution in [2.75, 3.05) is 0 Å². The highest BCUT2D eigenvalue weighted by molar-refractivity contribution is 6.33. The van der Waals surface area contributed by atoms with Crippen LogP contribution in [0, 0.1) is 34.8 Å². The van der Waals surface area contributed by atoms with E-state index in [1.165, 1.54) is 18.2 Å². The zero-order chi connectivity index (χ0) is 22.2. The highest BCUT2D eigenvalue weighted by Gasteiger charge is 2.09. The van der Waals surface area contributed by atoms with Gasteiger partial charge in [-0.05, 0) is 73.0 Å². The van der Waals surface area contributed by atoms with E-state index in [4.69, 9.17) is 16.9 Å². The molecule has 0 unspecified atom stereocenters. The summed E-state index contributed by atoms with van der Waals surface area (Å²) in [5, 5.41) is 17.4. The molecule has 0 aliphatic carbocycles. The Morgan fingerprint density at radius 1 is 0.903 bits per heavy atom. The fourth-order valence-electron chi connectivity index (χ4n) is 2.79. The van der Waals surface area contributed by atoms with E-state index in [1.807, 2.05) is 13.0 Å². The van der Waals surface area contributed by atoms with Gasteiger partial charge in [-0.3, -0.25) is 0 Å². The largest absolute Gasteiger partial charge is 0.206 e. The van der Waals surface area contributed by atoms with Crippen LogP contribution in [0.25, 0.3) is 0 Å². The van der Waals surface area contributed by atoms with Crippen molar-refractivity contribution < 1.29 is 8.78 Å². The van der Waals surface area contributed by atoms with Gasteiger partial charge < -0.3 is 0 Å². The molecule has 3 aromatic rings. The Labute approximate surface area is 185 Å². The Balaban J connectivity index is 1.74. The zero-order valence-corrected chi connectivity index (χ0v) is 17.5. The van der Waals surface area contributed by atoms with Crippen LogP contribution in [-0.2, 0) is 6.42 Å². The Bertz CT molecular complexity index is 1190. The molecule has 0 bridgehead atoms. The molecule has 3 nitrogen and oxygen atoms in total. The van der Waals surface area contributed by atoms with Crippen molar-refractivity contribution in [1.82, 2.24) is 0 Å². The molecule has 0 aromatic heterocycles. The third kappa shape index (κ3) is 5.98. The van der Waals surface area contributed by atoms with E-state index >= 15 is 0 Å². The van der Waals surface area contributed by atoms with E-state index in [9.17, 15) is 8.78 Å². The molecular formula is C25H18ClF2N3. The van der Waals surface area contributed by atoms with Crippen LogP contribution < -0.4 is 0 Å². The standard InChI is InChI=1S/C25H18ClF2N3/c1-2-3-4-18-14-23(27)21(24(28)15-18)11-7-17-5-9-20(10-6-17)30-31-25-12-8-19(16-29)13-22(25)26/h5-6,8-10,12-15H,2-4H2,1H3. The summed E-state index contributed by atoms with van der Waals surface area (Å²) in [5.41, 5.74) is 2.43. The van der Waals surface area contributed by atoms with Crippen LogP contribution in [-0.4, -0.2) is 0 Å². The van der Waals surface area contributed by atoms with Crippen molar-refractivity contribution in [2.24, 2.45) is 10.2 Å². The maximum atomic E-state index is 14.2. The number of hydrogen-bond acceptors (Lipinski definition) is 3. The summed E-state index contributed by atoms with van der Waals surface area (Å²) in [4.78, 5) is 0. The lowest BCUT2D eigenvalue weighted by Gasteiger charge is -2.03. The lowest BCUT2D eigenvalue weighted by molar-refractivity contribution is 0.572. The van der Waals surface area contributed by atoms with Crippen LogP contribution in [0.4, 0.5) is 20.2 Å². The van der Waals surface area contributed by atoms with E-state index < -0.39 is 11.6 Å². The minimum Gasteiger partial charge on any atom is -0.206 e. The van der Waals surface area contributed by atoms with Gasteiger partial charge in [-0.25, -0.2) is 8.78 Å². The fraction of sp³-hybridized carbons (Fsp3) is 0.160. The molecule has 0 saturated carbocycles. The topological polar surface area (TPSA) is 48.5 Å². The Morgan fingerprint density at radius 3 is 2.19 bits per heavy atom. The molecule has 0 radical (unpaired) electrons. The number of rotatable bonds is 5. The average Bonchev–Trinajstić information content (AvgIpc) is 2.77. The predicted molar refractivity (Wildman–Crippen MR) is 118 cm³/mol. The van der Waals surface area contributed by atoms with Crippen molar-refractivity contribution in [1.29, 1.82) is 5.26 Å². The molecule has 0 amide bonds. The number of nitrogens with zero attached hydrogens (tertiary/aromatic N) is 3. The van der Waals surface area contributed by atoms with E-state index in [0.29, 0.717) is 39.5 Å². The van der Waals surface area contributed by atoms with Gasteiger partial charge in [0.2, 0.25) is 0 Å². The first-order valence-corrected chi connectivity index (χ1v) is 10.1. The van der Waals surface area contributed by atoms with E-state index in [2.05, 4.69) is 22.1 Å². The van der Waals surface area contributed by atoms with E-state index in [1.54, 1.807) is 36.4 Å². The predicted octanol–water partition coefficient (Wildman–Crippen LogP) is 7.65. The fourth-order valence-corrected chi connectivity index (χ4v) is 3.00. The van der Waals surface area contributed by atoms with Crippen molar-refractivity contribution in [3.63, 3.8) is 0 Å². The first kappa shape index (κ1) is 22.2. The summed E-state index contributed by atoms with van der Waals surface area (Å²) < 4.78 is 28.5. The van der Waals surface area contributed by atoms with Crippen LogP contribution in [0.15, 0.2) is 64.8 Å². The minimum atomic E-state index is -0.650. The molecule has 0 atom stereocenters. The van der Waals surface area contributed by atoms with E-state index in [-0.39, 0.29) is 5.56 Å². The molecule has 0 saturated heterocycles. The summed E-state index contributed by atoms with van der Waals surface area (Å²) >= 11 is 6.07. The Hall–Kier alpha value is -3.54. The third-order valence-electron chi connectivity index (χ3n) is 4.47. The smallest absolute Gasteiger partial charge is 0.142 e. The summed E-state index contributed by atoms with van der Waals surface area (Å²) in [6.07, 6.45) is 2.48. The highest BCUT2D eigenvalue weighted by atomic mass is 35.5. The Morgan fingerprint density at radius 2 is 1.58 bits per heavy atom. The van der Waals surface area contributed by atoms with Crippen molar-refractivity contribution in [3.05, 3.63) is 93.5 Å². The number of benzene rings is 3. The average molecular weight is 434 g/mol. The van der Waals surface area contributed by atoms with Crippen LogP contribution in [0.1, 0.15) is 42.0 Å². The van der Waals surface area contributed by atoms with Crippen molar-refractivity contribution >= 4 is 23.0 Å². The maximum Gasteiger partial charge on any atom is 0.142 e. The molecule has 31 heavy (non-hydrogen) atoms. The maximum absolute atomic E-state index is 14.2. The lowest BCUT2D eigenvalue weighted by atomic mass is 10.0. The third-order valence-corrected chi connectivity index (χ3v) is 4.77. The van der Waals surface area contributed by atoms with Gasteiger partial charge in [0.25, 0.3) is 0 Å². The summed E-state index contributed by atoms with van der Waals surface area (Å²) in [7, 11) is 0. The number of azo groups is 1. The SMILES string of the molecule is CCCCc1cc(F)c(C#Cc2ccc(N=Nc3ccc(C#N)cc3Cl)cc2)c(F)c1. The second kappa shape index (κ2) is 10.5. The zero-order valence-electron chi connectivity index (χ0n) is 16.8. The number of unbranched alkanes of at least 4 members (excludes halogenated alkanes) is 1. The van der Waals surface area contributed by atoms with Crippen molar-refractivity contribution in [3.8, 4) is 17.9 Å². The van der Waals surface area contributed by atoms with Gasteiger partial charge in [-0.15, -0.1) is 5.11 Å². The second-order valence-electron chi connectivity index (χ2n) is 6.81. The molecule has 0 N–H and O–H groups in total. The van der Waals surface area contributed by atoms with Gasteiger partial charge in [-0.2, -0.15) is 10.4 Å². The number of hydrogen-bond donors (Lipinski definition) is 0. The number of nitriles is 1. The van der Waals surface area contributed by atoms with Crippen LogP contribution in [0.3, 0.4) is 0 Å². The molecule has 154 valence electrons. The Kier molecular flexibility index (Phi) is 7.49. The van der Waals surface area contributed by atoms with Gasteiger partial charge in [0.1, 0.15) is 17.3 Å². The summed E-state index contributed by atoms with van der Waals surface area (Å²) in [6, 6.07) is 16.2. The normalized spacial score (nSPS) is 10.5. The molecule has 0 aliphatic heterocycles. The molecule has 0 spiro atoms. The van der Waals surface area contributed by atoms with Crippen LogP contribution in [0.5, 0.6) is 0 Å². The quantitative estimate of drug-likeness (QED) is 0.301. The first-order chi connectivity index (χ1) is 15.0. The minimum absolute atomic E-state index is 0.237. The number of aryl methyl sites for hydroxylation is 1. The van der Waals surface area contributed by atoms with Gasteiger partial charge >= 0.3 is 0 Å². The summed E-state index contributed by atoms with van der Waals surface area (Å²) in [6.45, 7) is 2.03. The van der Waals surface area contributed by atoms with Gasteiger partial charge in [-0.1, -0.05) is 36.8 Å². The molecule has 6 heteroatoms. The molecule has 3 rings (SSSR count). The lowest BCUT2D eigenvalue weighted by Crippen LogP contribution is -1.95. The number of halogens is 3. The molecular weight excluding hydrogens is 416 g/mol. The summed E-state index contributed by atoms with van der Waals surface area (Å²) in [5.74, 6) is 4.05. The monoisotopic (exact) mass is 433 g/mol. The van der Waals surface area contributed by atoms with Crippen LogP contribution >= 0.6 is 11.6 Å². The highest BCUT2D eigenvalue weighted by Crippen LogP contribution is 2.27. The van der Waals surface area contributed by atoms with Crippen molar-refractivity contribution in [2.45, 2.75) is 26.2 Å². The van der Waals surface area contributed by atoms with E-state index in [0.717, 1.165) is 12.8 Å².